The molecule has 0 saturated heterocycles. The zero-order valence-corrected chi connectivity index (χ0v) is 10.7. The van der Waals surface area contributed by atoms with Crippen LogP contribution in [0, 0.1) is 0 Å². The molecule has 0 aliphatic rings. The molecule has 0 bridgehead atoms. The van der Waals surface area contributed by atoms with E-state index < -0.39 is 0 Å². The van der Waals surface area contributed by atoms with Gasteiger partial charge in [0.1, 0.15) is 5.75 Å². The van der Waals surface area contributed by atoms with E-state index in [1.54, 1.807) is 7.11 Å². The summed E-state index contributed by atoms with van der Waals surface area (Å²) in [5.74, 6) is 0.832. The summed E-state index contributed by atoms with van der Waals surface area (Å²) in [6.45, 7) is 5.89. The van der Waals surface area contributed by atoms with Crippen molar-refractivity contribution >= 4 is 31.3 Å². The molecule has 1 rings (SSSR count). The number of allylic oxidation sites excluding steroid dienone is 1. The van der Waals surface area contributed by atoms with Gasteiger partial charge in [0.15, 0.2) is 0 Å². The highest BCUT2D eigenvalue weighted by atomic mass is 32.2. The van der Waals surface area contributed by atoms with Crippen molar-refractivity contribution in [3.8, 4) is 5.75 Å². The molecule has 0 saturated carbocycles. The molecule has 1 aromatic rings. The standard InChI is InChI=1S/C11H15NOS2/c1-8(2)6-9-7-10(13-3)4-5-11(9)12(14)15/h4-5,7,14-15H,1,6H2,2-3H3. The number of methoxy groups -OCH3 is 1. The van der Waals surface area contributed by atoms with Gasteiger partial charge in [0, 0.05) is 0 Å². The van der Waals surface area contributed by atoms with E-state index in [0.717, 1.165) is 29.0 Å². The summed E-state index contributed by atoms with van der Waals surface area (Å²) < 4.78 is 6.67. The fraction of sp³-hybridized carbons (Fsp3) is 0.273. The molecule has 0 aliphatic carbocycles. The quantitative estimate of drug-likeness (QED) is 0.620. The van der Waals surface area contributed by atoms with Crippen molar-refractivity contribution < 1.29 is 4.74 Å². The highest BCUT2D eigenvalue weighted by molar-refractivity contribution is 8.00. The van der Waals surface area contributed by atoms with Crippen molar-refractivity contribution in [2.45, 2.75) is 13.3 Å². The summed E-state index contributed by atoms with van der Waals surface area (Å²) in [5, 5.41) is 0. The van der Waals surface area contributed by atoms with E-state index in [9.17, 15) is 0 Å². The molecule has 0 unspecified atom stereocenters. The van der Waals surface area contributed by atoms with Gasteiger partial charge < -0.3 is 4.74 Å². The van der Waals surface area contributed by atoms with E-state index >= 15 is 0 Å². The fourth-order valence-electron chi connectivity index (χ4n) is 1.35. The Bertz CT molecular complexity index is 364. The van der Waals surface area contributed by atoms with Crippen molar-refractivity contribution in [1.82, 2.24) is 0 Å². The largest absolute Gasteiger partial charge is 0.497 e. The third-order valence-electron chi connectivity index (χ3n) is 1.99. The van der Waals surface area contributed by atoms with E-state index in [1.165, 1.54) is 3.71 Å². The summed E-state index contributed by atoms with van der Waals surface area (Å²) in [7, 11) is 1.65. The second-order valence-electron chi connectivity index (χ2n) is 3.42. The number of anilines is 1. The van der Waals surface area contributed by atoms with Gasteiger partial charge in [0.2, 0.25) is 0 Å². The minimum atomic E-state index is 0.796. The molecule has 0 spiro atoms. The number of ether oxygens (including phenoxy) is 1. The first kappa shape index (κ1) is 12.3. The Balaban J connectivity index is 3.10. The van der Waals surface area contributed by atoms with Crippen LogP contribution in [0.2, 0.25) is 0 Å². The van der Waals surface area contributed by atoms with Crippen molar-refractivity contribution in [3.63, 3.8) is 0 Å². The summed E-state index contributed by atoms with van der Waals surface area (Å²) in [6, 6.07) is 5.79. The SMILES string of the molecule is C=C(C)Cc1cc(OC)ccc1N(S)S. The molecule has 1 aromatic carbocycles. The normalized spacial score (nSPS) is 9.87. The number of nitrogens with zero attached hydrogens (tertiary/aromatic N) is 1. The van der Waals surface area contributed by atoms with E-state index in [2.05, 4.69) is 32.2 Å². The van der Waals surface area contributed by atoms with Crippen LogP contribution in [-0.2, 0) is 6.42 Å². The number of thiol groups is 2. The van der Waals surface area contributed by atoms with Crippen LogP contribution in [-0.4, -0.2) is 7.11 Å². The first-order valence-corrected chi connectivity index (χ1v) is 5.33. The fourth-order valence-corrected chi connectivity index (χ4v) is 1.74. The molecule has 4 heteroatoms. The smallest absolute Gasteiger partial charge is 0.119 e. The van der Waals surface area contributed by atoms with Crippen LogP contribution >= 0.6 is 25.6 Å². The Labute approximate surface area is 102 Å². The Morgan fingerprint density at radius 1 is 1.47 bits per heavy atom. The van der Waals surface area contributed by atoms with E-state index in [-0.39, 0.29) is 0 Å². The Morgan fingerprint density at radius 3 is 2.60 bits per heavy atom. The van der Waals surface area contributed by atoms with Gasteiger partial charge in [-0.05, 0) is 37.1 Å². The Hall–Kier alpha value is -0.740. The number of hydrogen-bond donors (Lipinski definition) is 2. The molecular weight excluding hydrogens is 226 g/mol. The molecular formula is C11H15NOS2. The third kappa shape index (κ3) is 3.39. The lowest BCUT2D eigenvalue weighted by Crippen LogP contribution is -1.99. The van der Waals surface area contributed by atoms with Crippen molar-refractivity contribution in [3.05, 3.63) is 35.9 Å². The minimum absolute atomic E-state index is 0.796. The second-order valence-corrected chi connectivity index (χ2v) is 4.53. The highest BCUT2D eigenvalue weighted by Gasteiger charge is 2.07. The van der Waals surface area contributed by atoms with Crippen LogP contribution in [0.25, 0.3) is 0 Å². The molecule has 0 atom stereocenters. The molecule has 0 heterocycles. The van der Waals surface area contributed by atoms with Gasteiger partial charge in [-0.1, -0.05) is 37.8 Å². The van der Waals surface area contributed by atoms with E-state index in [4.69, 9.17) is 4.74 Å². The number of hydrogen-bond acceptors (Lipinski definition) is 4. The predicted molar refractivity (Wildman–Crippen MR) is 72.0 cm³/mol. The lowest BCUT2D eigenvalue weighted by atomic mass is 10.1. The van der Waals surface area contributed by atoms with Gasteiger partial charge in [-0.15, -0.1) is 0 Å². The molecule has 0 radical (unpaired) electrons. The zero-order valence-electron chi connectivity index (χ0n) is 8.90. The van der Waals surface area contributed by atoms with Gasteiger partial charge in [-0.3, -0.25) is 3.71 Å². The Kier molecular flexibility index (Phi) is 4.42. The van der Waals surface area contributed by atoms with Crippen molar-refractivity contribution in [2.75, 3.05) is 10.8 Å². The van der Waals surface area contributed by atoms with Crippen LogP contribution in [0.1, 0.15) is 12.5 Å². The molecule has 82 valence electrons. The zero-order chi connectivity index (χ0) is 11.4. The first-order chi connectivity index (χ1) is 7.04. The average Bonchev–Trinajstić information content (AvgIpc) is 2.16. The third-order valence-corrected chi connectivity index (χ3v) is 2.43. The van der Waals surface area contributed by atoms with E-state index in [0.29, 0.717) is 0 Å². The summed E-state index contributed by atoms with van der Waals surface area (Å²) >= 11 is 8.34. The molecule has 0 aromatic heterocycles. The maximum Gasteiger partial charge on any atom is 0.119 e. The van der Waals surface area contributed by atoms with Crippen LogP contribution < -0.4 is 8.45 Å². The van der Waals surface area contributed by atoms with Gasteiger partial charge in [0.05, 0.1) is 12.8 Å². The summed E-state index contributed by atoms with van der Waals surface area (Å²) in [4.78, 5) is 0. The molecule has 15 heavy (non-hydrogen) atoms. The van der Waals surface area contributed by atoms with Crippen molar-refractivity contribution in [1.29, 1.82) is 0 Å². The molecule has 0 amide bonds. The lowest BCUT2D eigenvalue weighted by Gasteiger charge is -2.16. The van der Waals surface area contributed by atoms with Crippen LogP contribution in [0.3, 0.4) is 0 Å². The highest BCUT2D eigenvalue weighted by Crippen LogP contribution is 2.29. The second kappa shape index (κ2) is 5.37. The van der Waals surface area contributed by atoms with Gasteiger partial charge in [-0.25, -0.2) is 0 Å². The summed E-state index contributed by atoms with van der Waals surface area (Å²) in [5.41, 5.74) is 3.14. The average molecular weight is 241 g/mol. The molecule has 0 aliphatic heterocycles. The van der Waals surface area contributed by atoms with Gasteiger partial charge in [0.25, 0.3) is 0 Å². The summed E-state index contributed by atoms with van der Waals surface area (Å²) in [6.07, 6.45) is 0.796. The molecule has 2 nitrogen and oxygen atoms in total. The first-order valence-electron chi connectivity index (χ1n) is 4.53. The number of benzene rings is 1. The van der Waals surface area contributed by atoms with Crippen LogP contribution in [0.15, 0.2) is 30.4 Å². The van der Waals surface area contributed by atoms with E-state index in [1.807, 2.05) is 25.1 Å². The Morgan fingerprint density at radius 2 is 2.13 bits per heavy atom. The van der Waals surface area contributed by atoms with Gasteiger partial charge >= 0.3 is 0 Å². The van der Waals surface area contributed by atoms with Crippen LogP contribution in [0.5, 0.6) is 5.75 Å². The topological polar surface area (TPSA) is 12.5 Å². The lowest BCUT2D eigenvalue weighted by molar-refractivity contribution is 0.414. The maximum atomic E-state index is 5.17. The predicted octanol–water partition coefficient (Wildman–Crippen LogP) is 3.31. The van der Waals surface area contributed by atoms with Crippen LogP contribution in [0.4, 0.5) is 5.69 Å². The number of rotatable bonds is 4. The van der Waals surface area contributed by atoms with Gasteiger partial charge in [-0.2, -0.15) is 0 Å². The molecule has 0 fully saturated rings. The molecule has 0 N–H and O–H groups in total. The maximum absolute atomic E-state index is 5.17. The van der Waals surface area contributed by atoms with Crippen molar-refractivity contribution in [2.24, 2.45) is 0 Å². The monoisotopic (exact) mass is 241 g/mol. The minimum Gasteiger partial charge on any atom is -0.497 e.